The molecule has 0 aromatic heterocycles. The third-order valence-electron chi connectivity index (χ3n) is 2.00. The summed E-state index contributed by atoms with van der Waals surface area (Å²) in [5, 5.41) is 2.53. The van der Waals surface area contributed by atoms with Crippen LogP contribution in [0, 0.1) is 0 Å². The second kappa shape index (κ2) is 5.87. The molecule has 0 heterocycles. The van der Waals surface area contributed by atoms with Gasteiger partial charge in [0, 0.05) is 5.02 Å². The van der Waals surface area contributed by atoms with Crippen LogP contribution < -0.4 is 5.32 Å². The first-order valence-corrected chi connectivity index (χ1v) is 5.48. The van der Waals surface area contributed by atoms with Crippen molar-refractivity contribution in [1.82, 2.24) is 5.32 Å². The molecule has 1 rings (SSSR count). The molecule has 1 unspecified atom stereocenters. The molecule has 3 nitrogen and oxygen atoms in total. The van der Waals surface area contributed by atoms with Gasteiger partial charge in [0.05, 0.1) is 6.42 Å². The summed E-state index contributed by atoms with van der Waals surface area (Å²) in [5.74, 6) is -0.246. The Labute approximate surface area is 104 Å². The van der Waals surface area contributed by atoms with E-state index in [1.165, 1.54) is 6.92 Å². The van der Waals surface area contributed by atoms with Crippen LogP contribution in [0.5, 0.6) is 0 Å². The van der Waals surface area contributed by atoms with E-state index in [1.807, 2.05) is 0 Å². The molecule has 1 N–H and O–H groups in total. The first-order valence-electron chi connectivity index (χ1n) is 4.72. The second-order valence-electron chi connectivity index (χ2n) is 3.40. The summed E-state index contributed by atoms with van der Waals surface area (Å²) < 4.78 is 0. The predicted molar refractivity (Wildman–Crippen MR) is 63.6 cm³/mol. The molecule has 0 saturated carbocycles. The summed E-state index contributed by atoms with van der Waals surface area (Å²) in [6.45, 7) is 1.54. The molecule has 1 amide bonds. The number of carbonyl (C=O) groups excluding carboxylic acids is 2. The molecular formula is C11H11Cl2NO2. The topological polar surface area (TPSA) is 46.2 Å². The van der Waals surface area contributed by atoms with Crippen LogP contribution >= 0.6 is 23.2 Å². The van der Waals surface area contributed by atoms with E-state index >= 15 is 0 Å². The van der Waals surface area contributed by atoms with E-state index in [-0.39, 0.29) is 12.3 Å². The molecule has 0 fully saturated rings. The van der Waals surface area contributed by atoms with E-state index in [9.17, 15) is 9.59 Å². The Morgan fingerprint density at radius 2 is 1.88 bits per heavy atom. The molecule has 0 aliphatic rings. The van der Waals surface area contributed by atoms with Crippen LogP contribution in [-0.2, 0) is 16.0 Å². The Morgan fingerprint density at radius 1 is 1.31 bits per heavy atom. The van der Waals surface area contributed by atoms with Crippen LogP contribution in [0.4, 0.5) is 0 Å². The van der Waals surface area contributed by atoms with Crippen molar-refractivity contribution in [2.75, 3.05) is 0 Å². The lowest BCUT2D eigenvalue weighted by Crippen LogP contribution is -2.37. The Morgan fingerprint density at radius 3 is 2.38 bits per heavy atom. The van der Waals surface area contributed by atoms with E-state index in [1.54, 1.807) is 24.3 Å². The van der Waals surface area contributed by atoms with E-state index < -0.39 is 11.3 Å². The Hall–Kier alpha value is -1.06. The maximum absolute atomic E-state index is 11.5. The molecular weight excluding hydrogens is 249 g/mol. The van der Waals surface area contributed by atoms with Crippen LogP contribution in [0.3, 0.4) is 0 Å². The molecule has 0 aliphatic heterocycles. The molecule has 1 atom stereocenters. The molecule has 1 aromatic carbocycles. The van der Waals surface area contributed by atoms with Gasteiger partial charge in [-0.2, -0.15) is 0 Å². The van der Waals surface area contributed by atoms with Gasteiger partial charge in [0.2, 0.25) is 11.1 Å². The van der Waals surface area contributed by atoms with Gasteiger partial charge in [0.1, 0.15) is 6.04 Å². The Bertz CT molecular complexity index is 389. The van der Waals surface area contributed by atoms with Gasteiger partial charge >= 0.3 is 0 Å². The fourth-order valence-electron chi connectivity index (χ4n) is 1.14. The zero-order valence-corrected chi connectivity index (χ0v) is 10.2. The first-order chi connectivity index (χ1) is 7.49. The number of hydrogen-bond acceptors (Lipinski definition) is 2. The first kappa shape index (κ1) is 13.0. The lowest BCUT2D eigenvalue weighted by atomic mass is 10.1. The van der Waals surface area contributed by atoms with Crippen LogP contribution in [0.2, 0.25) is 5.02 Å². The minimum absolute atomic E-state index is 0.200. The van der Waals surface area contributed by atoms with Crippen molar-refractivity contribution in [3.05, 3.63) is 34.9 Å². The van der Waals surface area contributed by atoms with Crippen molar-refractivity contribution < 1.29 is 9.59 Å². The smallest absolute Gasteiger partial charge is 0.243 e. The van der Waals surface area contributed by atoms with Gasteiger partial charge in [-0.25, -0.2) is 0 Å². The van der Waals surface area contributed by atoms with E-state index in [0.29, 0.717) is 5.02 Å². The molecule has 0 spiro atoms. The number of nitrogens with one attached hydrogen (secondary N) is 1. The van der Waals surface area contributed by atoms with Crippen molar-refractivity contribution in [1.29, 1.82) is 0 Å². The molecule has 1 aromatic rings. The Kier molecular flexibility index (Phi) is 4.77. The molecule has 0 bridgehead atoms. The van der Waals surface area contributed by atoms with Crippen molar-refractivity contribution in [3.8, 4) is 0 Å². The van der Waals surface area contributed by atoms with Crippen LogP contribution in [0.15, 0.2) is 24.3 Å². The van der Waals surface area contributed by atoms with Crippen molar-refractivity contribution >= 4 is 34.4 Å². The number of benzene rings is 1. The number of amides is 1. The van der Waals surface area contributed by atoms with Gasteiger partial charge in [0.25, 0.3) is 0 Å². The summed E-state index contributed by atoms with van der Waals surface area (Å²) in [6.07, 6.45) is 0.200. The highest BCUT2D eigenvalue weighted by Gasteiger charge is 2.12. The van der Waals surface area contributed by atoms with Gasteiger partial charge in [-0.05, 0) is 36.2 Å². The van der Waals surface area contributed by atoms with Crippen LogP contribution in [0.25, 0.3) is 0 Å². The molecule has 86 valence electrons. The van der Waals surface area contributed by atoms with Crippen molar-refractivity contribution in [2.24, 2.45) is 0 Å². The lowest BCUT2D eigenvalue weighted by molar-refractivity contribution is -0.124. The number of rotatable bonds is 4. The average Bonchev–Trinajstić information content (AvgIpc) is 2.21. The van der Waals surface area contributed by atoms with E-state index in [4.69, 9.17) is 23.2 Å². The number of carbonyl (C=O) groups is 2. The highest BCUT2D eigenvalue weighted by molar-refractivity contribution is 6.64. The quantitative estimate of drug-likeness (QED) is 0.843. The van der Waals surface area contributed by atoms with Gasteiger partial charge in [-0.15, -0.1) is 0 Å². The standard InChI is InChI=1S/C11H11Cl2NO2/c1-7(11(13)16)14-10(15)6-8-2-4-9(12)5-3-8/h2-5,7H,6H2,1H3,(H,14,15). The van der Waals surface area contributed by atoms with Gasteiger partial charge in [-0.3, -0.25) is 9.59 Å². The fourth-order valence-corrected chi connectivity index (χ4v) is 1.32. The summed E-state index contributed by atoms with van der Waals surface area (Å²) >= 11 is 10.9. The maximum Gasteiger partial charge on any atom is 0.243 e. The minimum atomic E-state index is -0.665. The highest BCUT2D eigenvalue weighted by atomic mass is 35.5. The minimum Gasteiger partial charge on any atom is -0.345 e. The van der Waals surface area contributed by atoms with E-state index in [2.05, 4.69) is 5.32 Å². The van der Waals surface area contributed by atoms with E-state index in [0.717, 1.165) is 5.56 Å². The normalized spacial score (nSPS) is 11.9. The maximum atomic E-state index is 11.5. The van der Waals surface area contributed by atoms with Crippen LogP contribution in [0.1, 0.15) is 12.5 Å². The zero-order chi connectivity index (χ0) is 12.1. The third kappa shape index (κ3) is 4.21. The molecule has 0 saturated heterocycles. The van der Waals surface area contributed by atoms with Gasteiger partial charge in [0.15, 0.2) is 0 Å². The highest BCUT2D eigenvalue weighted by Crippen LogP contribution is 2.09. The van der Waals surface area contributed by atoms with Gasteiger partial charge in [-0.1, -0.05) is 23.7 Å². The third-order valence-corrected chi connectivity index (χ3v) is 2.58. The SMILES string of the molecule is CC(NC(=O)Cc1ccc(Cl)cc1)C(=O)Cl. The zero-order valence-electron chi connectivity index (χ0n) is 8.67. The predicted octanol–water partition coefficient (Wildman–Crippen LogP) is 2.15. The average molecular weight is 260 g/mol. The second-order valence-corrected chi connectivity index (χ2v) is 4.21. The molecule has 0 aliphatic carbocycles. The molecule has 5 heteroatoms. The molecule has 0 radical (unpaired) electrons. The largest absolute Gasteiger partial charge is 0.345 e. The summed E-state index contributed by atoms with van der Waals surface area (Å²) in [5.41, 5.74) is 0.830. The fraction of sp³-hybridized carbons (Fsp3) is 0.273. The number of halogens is 2. The van der Waals surface area contributed by atoms with Crippen molar-refractivity contribution in [3.63, 3.8) is 0 Å². The van der Waals surface area contributed by atoms with Crippen molar-refractivity contribution in [2.45, 2.75) is 19.4 Å². The lowest BCUT2D eigenvalue weighted by Gasteiger charge is -2.09. The monoisotopic (exact) mass is 259 g/mol. The Balaban J connectivity index is 2.52. The summed E-state index contributed by atoms with van der Waals surface area (Å²) in [4.78, 5) is 22.2. The number of hydrogen-bond donors (Lipinski definition) is 1. The summed E-state index contributed by atoms with van der Waals surface area (Å²) in [6, 6.07) is 6.27. The van der Waals surface area contributed by atoms with Crippen LogP contribution in [-0.4, -0.2) is 17.2 Å². The summed E-state index contributed by atoms with van der Waals surface area (Å²) in [7, 11) is 0. The van der Waals surface area contributed by atoms with Gasteiger partial charge < -0.3 is 5.32 Å². The molecule has 16 heavy (non-hydrogen) atoms.